The van der Waals surface area contributed by atoms with Gasteiger partial charge in [-0.3, -0.25) is 4.79 Å². The zero-order valence-electron chi connectivity index (χ0n) is 10.7. The van der Waals surface area contributed by atoms with Gasteiger partial charge >= 0.3 is 0 Å². The molecule has 0 unspecified atom stereocenters. The van der Waals surface area contributed by atoms with Crippen molar-refractivity contribution in [2.45, 2.75) is 27.2 Å². The highest BCUT2D eigenvalue weighted by Gasteiger charge is 2.17. The van der Waals surface area contributed by atoms with Gasteiger partial charge in [-0.1, -0.05) is 18.5 Å². The summed E-state index contributed by atoms with van der Waals surface area (Å²) in [6.07, 6.45) is 0.772. The number of hydrogen-bond acceptors (Lipinski definition) is 2. The number of carbonyl (C=O) groups is 1. The van der Waals surface area contributed by atoms with E-state index in [0.717, 1.165) is 23.3 Å². The van der Waals surface area contributed by atoms with Gasteiger partial charge in [-0.15, -0.1) is 0 Å². The lowest BCUT2D eigenvalue weighted by Gasteiger charge is -2.06. The molecule has 0 saturated heterocycles. The van der Waals surface area contributed by atoms with Crippen LogP contribution in [0.1, 0.15) is 39.9 Å². The molecule has 1 aromatic heterocycles. The molecular formula is C15H15ClO2. The van der Waals surface area contributed by atoms with E-state index < -0.39 is 0 Å². The van der Waals surface area contributed by atoms with Crippen molar-refractivity contribution < 1.29 is 9.21 Å². The van der Waals surface area contributed by atoms with E-state index in [-0.39, 0.29) is 5.78 Å². The highest BCUT2D eigenvalue weighted by molar-refractivity contribution is 6.34. The van der Waals surface area contributed by atoms with Crippen LogP contribution in [0.25, 0.3) is 0 Å². The van der Waals surface area contributed by atoms with Crippen molar-refractivity contribution in [3.05, 3.63) is 57.5 Å². The SMILES string of the molecule is CCc1ccc(C(=O)c2cc(C)c(C)cc2Cl)o1. The Morgan fingerprint density at radius 3 is 2.50 bits per heavy atom. The van der Waals surface area contributed by atoms with Crippen molar-refractivity contribution in [1.29, 1.82) is 0 Å². The Labute approximate surface area is 112 Å². The van der Waals surface area contributed by atoms with E-state index in [1.807, 2.05) is 39.0 Å². The first-order valence-electron chi connectivity index (χ1n) is 5.93. The maximum atomic E-state index is 12.3. The van der Waals surface area contributed by atoms with Crippen LogP contribution >= 0.6 is 11.6 Å². The van der Waals surface area contributed by atoms with Gasteiger partial charge in [0.25, 0.3) is 0 Å². The van der Waals surface area contributed by atoms with E-state index in [0.29, 0.717) is 16.3 Å². The summed E-state index contributed by atoms with van der Waals surface area (Å²) in [6, 6.07) is 7.15. The molecule has 94 valence electrons. The first-order valence-corrected chi connectivity index (χ1v) is 6.31. The molecular weight excluding hydrogens is 248 g/mol. The molecule has 2 nitrogen and oxygen atoms in total. The highest BCUT2D eigenvalue weighted by Crippen LogP contribution is 2.24. The Kier molecular flexibility index (Phi) is 3.58. The molecule has 0 N–H and O–H groups in total. The van der Waals surface area contributed by atoms with Gasteiger partial charge in [0.15, 0.2) is 5.76 Å². The molecule has 0 aliphatic heterocycles. The van der Waals surface area contributed by atoms with Crippen LogP contribution in [0.5, 0.6) is 0 Å². The smallest absolute Gasteiger partial charge is 0.229 e. The van der Waals surface area contributed by atoms with Crippen molar-refractivity contribution >= 4 is 17.4 Å². The number of rotatable bonds is 3. The Hall–Kier alpha value is -1.54. The molecule has 1 heterocycles. The molecule has 2 rings (SSSR count). The lowest BCUT2D eigenvalue weighted by molar-refractivity contribution is 0.101. The van der Waals surface area contributed by atoms with Gasteiger partial charge < -0.3 is 4.42 Å². The number of hydrogen-bond donors (Lipinski definition) is 0. The second kappa shape index (κ2) is 4.99. The van der Waals surface area contributed by atoms with Crippen molar-refractivity contribution in [1.82, 2.24) is 0 Å². The fraction of sp³-hybridized carbons (Fsp3) is 0.267. The van der Waals surface area contributed by atoms with Gasteiger partial charge in [0, 0.05) is 12.0 Å². The molecule has 1 aromatic carbocycles. The predicted octanol–water partition coefficient (Wildman–Crippen LogP) is 4.34. The first-order chi connectivity index (χ1) is 8.52. The van der Waals surface area contributed by atoms with Crippen LogP contribution in [0.15, 0.2) is 28.7 Å². The molecule has 0 fully saturated rings. The minimum Gasteiger partial charge on any atom is -0.458 e. The molecule has 18 heavy (non-hydrogen) atoms. The number of benzene rings is 1. The van der Waals surface area contributed by atoms with Crippen LogP contribution in [-0.2, 0) is 6.42 Å². The summed E-state index contributed by atoms with van der Waals surface area (Å²) in [5.41, 5.74) is 2.62. The summed E-state index contributed by atoms with van der Waals surface area (Å²) < 4.78 is 5.47. The zero-order valence-corrected chi connectivity index (χ0v) is 11.5. The highest BCUT2D eigenvalue weighted by atomic mass is 35.5. The van der Waals surface area contributed by atoms with Gasteiger partial charge in [-0.2, -0.15) is 0 Å². The van der Waals surface area contributed by atoms with Crippen molar-refractivity contribution in [2.75, 3.05) is 0 Å². The molecule has 3 heteroatoms. The molecule has 0 atom stereocenters. The Morgan fingerprint density at radius 1 is 1.22 bits per heavy atom. The molecule has 0 aliphatic rings. The second-order valence-electron chi connectivity index (χ2n) is 4.36. The zero-order chi connectivity index (χ0) is 13.3. The third-order valence-corrected chi connectivity index (χ3v) is 3.37. The van der Waals surface area contributed by atoms with E-state index in [2.05, 4.69) is 0 Å². The Morgan fingerprint density at radius 2 is 1.89 bits per heavy atom. The summed E-state index contributed by atoms with van der Waals surface area (Å²) >= 11 is 6.12. The molecule has 2 aromatic rings. The maximum Gasteiger partial charge on any atom is 0.229 e. The lowest BCUT2D eigenvalue weighted by Crippen LogP contribution is -2.02. The number of carbonyl (C=O) groups excluding carboxylic acids is 1. The monoisotopic (exact) mass is 262 g/mol. The average molecular weight is 263 g/mol. The van der Waals surface area contributed by atoms with Gasteiger partial charge in [0.2, 0.25) is 5.78 Å². The summed E-state index contributed by atoms with van der Waals surface area (Å²) in [5.74, 6) is 0.984. The molecule has 0 radical (unpaired) electrons. The van der Waals surface area contributed by atoms with E-state index in [9.17, 15) is 4.79 Å². The van der Waals surface area contributed by atoms with E-state index in [1.54, 1.807) is 6.07 Å². The van der Waals surface area contributed by atoms with Gasteiger partial charge in [0.05, 0.1) is 5.02 Å². The quantitative estimate of drug-likeness (QED) is 0.770. The number of aryl methyl sites for hydroxylation is 3. The minimum atomic E-state index is -0.164. The second-order valence-corrected chi connectivity index (χ2v) is 4.77. The average Bonchev–Trinajstić information content (AvgIpc) is 2.81. The van der Waals surface area contributed by atoms with Crippen LogP contribution in [-0.4, -0.2) is 5.78 Å². The summed E-state index contributed by atoms with van der Waals surface area (Å²) in [6.45, 7) is 5.91. The summed E-state index contributed by atoms with van der Waals surface area (Å²) in [5, 5.41) is 0.470. The van der Waals surface area contributed by atoms with E-state index >= 15 is 0 Å². The van der Waals surface area contributed by atoms with E-state index in [1.165, 1.54) is 0 Å². The predicted molar refractivity (Wildman–Crippen MR) is 72.4 cm³/mol. The van der Waals surface area contributed by atoms with E-state index in [4.69, 9.17) is 16.0 Å². The maximum absolute atomic E-state index is 12.3. The van der Waals surface area contributed by atoms with Gasteiger partial charge in [0.1, 0.15) is 5.76 Å². The summed E-state index contributed by atoms with van der Waals surface area (Å²) in [4.78, 5) is 12.3. The van der Waals surface area contributed by atoms with Crippen molar-refractivity contribution in [2.24, 2.45) is 0 Å². The topological polar surface area (TPSA) is 30.2 Å². The lowest BCUT2D eigenvalue weighted by atomic mass is 10.0. The van der Waals surface area contributed by atoms with Crippen LogP contribution in [0.3, 0.4) is 0 Å². The minimum absolute atomic E-state index is 0.164. The van der Waals surface area contributed by atoms with Gasteiger partial charge in [-0.25, -0.2) is 0 Å². The molecule has 0 spiro atoms. The molecule has 0 aliphatic carbocycles. The van der Waals surface area contributed by atoms with Gasteiger partial charge in [-0.05, 0) is 49.2 Å². The Bertz CT molecular complexity index is 597. The molecule has 0 saturated carbocycles. The molecule has 0 bridgehead atoms. The van der Waals surface area contributed by atoms with Crippen LogP contribution in [0, 0.1) is 13.8 Å². The summed E-state index contributed by atoms with van der Waals surface area (Å²) in [7, 11) is 0. The third-order valence-electron chi connectivity index (χ3n) is 3.06. The van der Waals surface area contributed by atoms with Crippen LogP contribution in [0.4, 0.5) is 0 Å². The van der Waals surface area contributed by atoms with Crippen molar-refractivity contribution in [3.8, 4) is 0 Å². The number of halogens is 1. The number of furan rings is 1. The standard InChI is InChI=1S/C15H15ClO2/c1-4-11-5-6-14(18-11)15(17)12-7-9(2)10(3)8-13(12)16/h5-8H,4H2,1-3H3. The fourth-order valence-corrected chi connectivity index (χ4v) is 2.08. The Balaban J connectivity index is 2.42. The first kappa shape index (κ1) is 12.9. The fourth-order valence-electron chi connectivity index (χ4n) is 1.78. The largest absolute Gasteiger partial charge is 0.458 e. The van der Waals surface area contributed by atoms with Crippen molar-refractivity contribution in [3.63, 3.8) is 0 Å². The number of ketones is 1. The molecule has 0 amide bonds. The van der Waals surface area contributed by atoms with Crippen LogP contribution < -0.4 is 0 Å². The third kappa shape index (κ3) is 2.34. The van der Waals surface area contributed by atoms with Crippen LogP contribution in [0.2, 0.25) is 5.02 Å². The normalized spacial score (nSPS) is 10.7.